The minimum absolute atomic E-state index is 0.222. The predicted octanol–water partition coefficient (Wildman–Crippen LogP) is 2.04. The lowest BCUT2D eigenvalue weighted by atomic mass is 9.91. The summed E-state index contributed by atoms with van der Waals surface area (Å²) < 4.78 is 0. The minimum Gasteiger partial charge on any atom is -0.309 e. The molecule has 0 bridgehead atoms. The maximum absolute atomic E-state index is 3.36. The van der Waals surface area contributed by atoms with Crippen LogP contribution < -0.4 is 5.32 Å². The highest BCUT2D eigenvalue weighted by molar-refractivity contribution is 5.43. The van der Waals surface area contributed by atoms with Gasteiger partial charge in [0.25, 0.3) is 0 Å². The van der Waals surface area contributed by atoms with Crippen LogP contribution >= 0.6 is 0 Å². The van der Waals surface area contributed by atoms with Gasteiger partial charge in [0.05, 0.1) is 0 Å². The molecule has 2 rings (SSSR count). The van der Waals surface area contributed by atoms with Crippen molar-refractivity contribution < 1.29 is 0 Å². The second-order valence-electron chi connectivity index (χ2n) is 4.15. The fourth-order valence-corrected chi connectivity index (χ4v) is 1.78. The third-order valence-corrected chi connectivity index (χ3v) is 2.41. The Labute approximate surface area is 73.9 Å². The van der Waals surface area contributed by atoms with Gasteiger partial charge in [0.2, 0.25) is 0 Å². The van der Waals surface area contributed by atoms with Crippen molar-refractivity contribution in [1.82, 2.24) is 5.32 Å². The van der Waals surface area contributed by atoms with Gasteiger partial charge in [-0.2, -0.15) is 0 Å². The molecule has 0 aromatic rings. The van der Waals surface area contributed by atoms with Gasteiger partial charge in [0.15, 0.2) is 0 Å². The first-order valence-corrected chi connectivity index (χ1v) is 4.49. The molecule has 1 heteroatoms. The molecule has 1 heterocycles. The van der Waals surface area contributed by atoms with Crippen LogP contribution in [0.25, 0.3) is 0 Å². The van der Waals surface area contributed by atoms with Crippen LogP contribution in [0.4, 0.5) is 0 Å². The predicted molar refractivity (Wildman–Crippen MR) is 52.0 cm³/mol. The Kier molecular flexibility index (Phi) is 1.69. The zero-order valence-electron chi connectivity index (χ0n) is 7.72. The average molecular weight is 161 g/mol. The molecule has 0 saturated carbocycles. The molecule has 0 atom stereocenters. The van der Waals surface area contributed by atoms with Crippen LogP contribution in [0, 0.1) is 5.41 Å². The molecule has 1 nitrogen and oxygen atoms in total. The van der Waals surface area contributed by atoms with Crippen molar-refractivity contribution >= 4 is 0 Å². The van der Waals surface area contributed by atoms with Crippen molar-refractivity contribution in [1.29, 1.82) is 0 Å². The topological polar surface area (TPSA) is 12.0 Å². The zero-order valence-corrected chi connectivity index (χ0v) is 7.72. The Bertz CT molecular complexity index is 279. The van der Waals surface area contributed by atoms with Crippen molar-refractivity contribution in [3.63, 3.8) is 0 Å². The van der Waals surface area contributed by atoms with E-state index in [1.807, 2.05) is 0 Å². The molecule has 0 aromatic heterocycles. The van der Waals surface area contributed by atoms with E-state index in [0.29, 0.717) is 0 Å². The van der Waals surface area contributed by atoms with Crippen molar-refractivity contribution in [2.45, 2.75) is 13.8 Å². The first kappa shape index (κ1) is 7.81. The van der Waals surface area contributed by atoms with Crippen LogP contribution in [0.1, 0.15) is 13.8 Å². The molecule has 0 spiro atoms. The minimum atomic E-state index is 0.222. The fourth-order valence-electron chi connectivity index (χ4n) is 1.78. The summed E-state index contributed by atoms with van der Waals surface area (Å²) >= 11 is 0. The number of fused-ring (bicyclic) bond motifs is 1. The Morgan fingerprint density at radius 2 is 2.00 bits per heavy atom. The van der Waals surface area contributed by atoms with E-state index in [1.165, 1.54) is 11.1 Å². The molecular formula is C11H15N. The molecule has 1 aliphatic heterocycles. The van der Waals surface area contributed by atoms with Gasteiger partial charge in [0, 0.05) is 18.5 Å². The molecule has 0 aromatic carbocycles. The van der Waals surface area contributed by atoms with Crippen LogP contribution in [0.3, 0.4) is 0 Å². The lowest BCUT2D eigenvalue weighted by molar-refractivity contribution is 0.622. The first-order valence-electron chi connectivity index (χ1n) is 4.49. The molecule has 1 aliphatic carbocycles. The van der Waals surface area contributed by atoms with Gasteiger partial charge in [-0.25, -0.2) is 0 Å². The van der Waals surface area contributed by atoms with Gasteiger partial charge in [0.1, 0.15) is 0 Å². The van der Waals surface area contributed by atoms with E-state index in [-0.39, 0.29) is 5.41 Å². The van der Waals surface area contributed by atoms with Gasteiger partial charge < -0.3 is 5.32 Å². The number of rotatable bonds is 0. The van der Waals surface area contributed by atoms with Gasteiger partial charge >= 0.3 is 0 Å². The Balaban J connectivity index is 2.40. The van der Waals surface area contributed by atoms with Crippen molar-refractivity contribution in [3.8, 4) is 0 Å². The summed E-state index contributed by atoms with van der Waals surface area (Å²) in [5.74, 6) is 0. The second kappa shape index (κ2) is 2.60. The first-order chi connectivity index (χ1) is 5.67. The van der Waals surface area contributed by atoms with E-state index in [4.69, 9.17) is 0 Å². The van der Waals surface area contributed by atoms with E-state index in [2.05, 4.69) is 43.5 Å². The fraction of sp³-hybridized carbons (Fsp3) is 0.455. The summed E-state index contributed by atoms with van der Waals surface area (Å²) in [5.41, 5.74) is 3.15. The normalized spacial score (nSPS) is 25.8. The Morgan fingerprint density at radius 3 is 2.83 bits per heavy atom. The molecule has 1 N–H and O–H groups in total. The molecule has 0 amide bonds. The standard InChI is InChI=1S/C11H15N/c1-11(2)5-3-4-9-7-12-8-10(9)6-11/h3-6,12H,7-8H2,1-2H3. The molecule has 1 fully saturated rings. The van der Waals surface area contributed by atoms with Crippen LogP contribution in [0.2, 0.25) is 0 Å². The highest BCUT2D eigenvalue weighted by atomic mass is 14.9. The highest BCUT2D eigenvalue weighted by Crippen LogP contribution is 2.28. The number of nitrogens with one attached hydrogen (secondary N) is 1. The van der Waals surface area contributed by atoms with E-state index < -0.39 is 0 Å². The monoisotopic (exact) mass is 161 g/mol. The summed E-state index contributed by atoms with van der Waals surface area (Å²) in [7, 11) is 0. The van der Waals surface area contributed by atoms with E-state index in [9.17, 15) is 0 Å². The van der Waals surface area contributed by atoms with Crippen LogP contribution in [0.5, 0.6) is 0 Å². The maximum Gasteiger partial charge on any atom is 0.0211 e. The van der Waals surface area contributed by atoms with E-state index in [1.54, 1.807) is 0 Å². The Hall–Kier alpha value is -0.820. The molecule has 0 unspecified atom stereocenters. The molecule has 0 radical (unpaired) electrons. The SMILES string of the molecule is CC1(C)C=CC=C2CNCC2=C1. The molecule has 1 saturated heterocycles. The van der Waals surface area contributed by atoms with Crippen LogP contribution in [-0.2, 0) is 0 Å². The number of hydrogen-bond acceptors (Lipinski definition) is 1. The number of allylic oxidation sites excluding steroid dienone is 4. The maximum atomic E-state index is 3.36. The summed E-state index contributed by atoms with van der Waals surface area (Å²) in [5, 5.41) is 3.36. The van der Waals surface area contributed by atoms with Crippen LogP contribution in [-0.4, -0.2) is 13.1 Å². The van der Waals surface area contributed by atoms with Crippen molar-refractivity contribution in [2.75, 3.05) is 13.1 Å². The largest absolute Gasteiger partial charge is 0.309 e. The Morgan fingerprint density at radius 1 is 1.25 bits per heavy atom. The smallest absolute Gasteiger partial charge is 0.0211 e. The zero-order chi connectivity index (χ0) is 8.60. The third-order valence-electron chi connectivity index (χ3n) is 2.41. The van der Waals surface area contributed by atoms with Crippen molar-refractivity contribution in [3.05, 3.63) is 35.5 Å². The summed E-state index contributed by atoms with van der Waals surface area (Å²) in [6, 6.07) is 0. The highest BCUT2D eigenvalue weighted by Gasteiger charge is 2.19. The molecule has 2 aliphatic rings. The average Bonchev–Trinajstić information content (AvgIpc) is 2.31. The van der Waals surface area contributed by atoms with Gasteiger partial charge in [-0.05, 0) is 11.1 Å². The van der Waals surface area contributed by atoms with Gasteiger partial charge in [-0.15, -0.1) is 0 Å². The third kappa shape index (κ3) is 1.37. The molecule has 12 heavy (non-hydrogen) atoms. The second-order valence-corrected chi connectivity index (χ2v) is 4.15. The van der Waals surface area contributed by atoms with Crippen molar-refractivity contribution in [2.24, 2.45) is 5.41 Å². The molecular weight excluding hydrogens is 146 g/mol. The van der Waals surface area contributed by atoms with E-state index >= 15 is 0 Å². The lowest BCUT2D eigenvalue weighted by Gasteiger charge is -2.14. The summed E-state index contributed by atoms with van der Waals surface area (Å²) in [4.78, 5) is 0. The quantitative estimate of drug-likeness (QED) is 0.573. The lowest BCUT2D eigenvalue weighted by Crippen LogP contribution is -2.07. The van der Waals surface area contributed by atoms with Gasteiger partial charge in [-0.1, -0.05) is 38.2 Å². The summed E-state index contributed by atoms with van der Waals surface area (Å²) in [6.07, 6.45) is 9.01. The van der Waals surface area contributed by atoms with Gasteiger partial charge in [-0.3, -0.25) is 0 Å². The van der Waals surface area contributed by atoms with Crippen LogP contribution in [0.15, 0.2) is 35.5 Å². The van der Waals surface area contributed by atoms with E-state index in [0.717, 1.165) is 13.1 Å². The number of hydrogen-bond donors (Lipinski definition) is 1. The summed E-state index contributed by atoms with van der Waals surface area (Å²) in [6.45, 7) is 6.56. The molecule has 64 valence electrons.